The number of aliphatic imine (C=N–C) groups is 1. The topological polar surface area (TPSA) is 132 Å². The van der Waals surface area contributed by atoms with Crippen LogP contribution in [0, 0.1) is 11.5 Å². The molecule has 1 saturated carbocycles. The summed E-state index contributed by atoms with van der Waals surface area (Å²) in [5.74, 6) is 1.22. The number of aryl methyl sites for hydroxylation is 1. The molecule has 0 spiro atoms. The fourth-order valence-corrected chi connectivity index (χ4v) is 3.58. The summed E-state index contributed by atoms with van der Waals surface area (Å²) < 4.78 is 1.99. The summed E-state index contributed by atoms with van der Waals surface area (Å²) >= 11 is 0. The first-order valence-corrected chi connectivity index (χ1v) is 10.1. The summed E-state index contributed by atoms with van der Waals surface area (Å²) in [6, 6.07) is 8.29. The predicted octanol–water partition coefficient (Wildman–Crippen LogP) is 2.23. The fraction of sp³-hybridized carbons (Fsp3) is 0.286. The summed E-state index contributed by atoms with van der Waals surface area (Å²) in [5, 5.41) is 18.9. The molecular formula is C21H22N10. The fourth-order valence-electron chi connectivity index (χ4n) is 3.58. The van der Waals surface area contributed by atoms with Gasteiger partial charge < -0.3 is 20.2 Å². The van der Waals surface area contributed by atoms with E-state index in [0.717, 1.165) is 57.8 Å². The number of pyridine rings is 2. The van der Waals surface area contributed by atoms with E-state index in [-0.39, 0.29) is 0 Å². The number of hydrogen-bond donors (Lipinski definition) is 4. The van der Waals surface area contributed by atoms with Crippen LogP contribution in [0.3, 0.4) is 0 Å². The minimum Gasteiger partial charge on any atom is -0.371 e. The van der Waals surface area contributed by atoms with Gasteiger partial charge in [-0.15, -0.1) is 0 Å². The summed E-state index contributed by atoms with van der Waals surface area (Å²) in [4.78, 5) is 21.8. The van der Waals surface area contributed by atoms with Crippen LogP contribution < -0.4 is 16.0 Å². The van der Waals surface area contributed by atoms with Crippen molar-refractivity contribution < 1.29 is 0 Å². The van der Waals surface area contributed by atoms with Gasteiger partial charge in [0.25, 0.3) is 0 Å². The molecule has 4 aromatic heterocycles. The van der Waals surface area contributed by atoms with Gasteiger partial charge in [-0.1, -0.05) is 6.07 Å². The van der Waals surface area contributed by atoms with Gasteiger partial charge in [0.2, 0.25) is 5.96 Å². The molecule has 0 amide bonds. The molecule has 1 aliphatic rings. The van der Waals surface area contributed by atoms with Crippen molar-refractivity contribution in [1.29, 1.82) is 5.26 Å². The zero-order chi connectivity index (χ0) is 21.4. The van der Waals surface area contributed by atoms with Crippen LogP contribution in [0.2, 0.25) is 0 Å². The molecule has 0 aliphatic heterocycles. The average molecular weight is 414 g/mol. The Morgan fingerprint density at radius 2 is 2.23 bits per heavy atom. The van der Waals surface area contributed by atoms with E-state index in [4.69, 9.17) is 10.2 Å². The van der Waals surface area contributed by atoms with Gasteiger partial charge in [-0.3, -0.25) is 5.32 Å². The van der Waals surface area contributed by atoms with Crippen LogP contribution in [0.25, 0.3) is 33.5 Å². The summed E-state index contributed by atoms with van der Waals surface area (Å²) in [5.41, 5.74) is 5.10. The van der Waals surface area contributed by atoms with Crippen LogP contribution in [0.5, 0.6) is 0 Å². The zero-order valence-corrected chi connectivity index (χ0v) is 17.3. The Balaban J connectivity index is 1.48. The lowest BCUT2D eigenvalue weighted by Gasteiger charge is -2.06. The zero-order valence-electron chi connectivity index (χ0n) is 17.3. The lowest BCUT2D eigenvalue weighted by atomic mass is 10.2. The van der Waals surface area contributed by atoms with Gasteiger partial charge in [0.05, 0.1) is 35.5 Å². The Bertz CT molecular complexity index is 1340. The number of hydrogen-bond acceptors (Lipinski definition) is 6. The minimum absolute atomic E-state index is 0.367. The number of nitriles is 1. The molecule has 31 heavy (non-hydrogen) atoms. The second-order valence-corrected chi connectivity index (χ2v) is 7.54. The molecule has 0 radical (unpaired) electrons. The Labute approximate surface area is 178 Å². The maximum Gasteiger partial charge on any atom is 0.205 e. The lowest BCUT2D eigenvalue weighted by Crippen LogP contribution is -2.36. The van der Waals surface area contributed by atoms with Gasteiger partial charge >= 0.3 is 0 Å². The number of H-pyrrole nitrogens is 1. The Morgan fingerprint density at radius 1 is 1.35 bits per heavy atom. The highest BCUT2D eigenvalue weighted by atomic mass is 15.2. The number of aromatic amines is 1. The normalized spacial score (nSPS) is 14.0. The van der Waals surface area contributed by atoms with Gasteiger partial charge in [-0.05, 0) is 31.0 Å². The quantitative estimate of drug-likeness (QED) is 0.170. The molecule has 0 saturated heterocycles. The smallest absolute Gasteiger partial charge is 0.205 e. The summed E-state index contributed by atoms with van der Waals surface area (Å²) in [6.07, 6.45) is 5.93. The number of aromatic nitrogens is 5. The van der Waals surface area contributed by atoms with Crippen molar-refractivity contribution in [2.75, 3.05) is 12.4 Å². The third-order valence-electron chi connectivity index (χ3n) is 5.25. The van der Waals surface area contributed by atoms with Crippen molar-refractivity contribution in [2.45, 2.75) is 25.4 Å². The van der Waals surface area contributed by atoms with Crippen molar-refractivity contribution in [1.82, 2.24) is 35.1 Å². The van der Waals surface area contributed by atoms with Crippen molar-refractivity contribution in [3.63, 3.8) is 0 Å². The SMILES string of the molecule is CNc1nc2[nH]c(-c3cccc(CN=C(NC#N)NC4CC4)n3)cc2c2c1ncn2C. The lowest BCUT2D eigenvalue weighted by molar-refractivity contribution is 0.852. The molecule has 10 heteroatoms. The first kappa shape index (κ1) is 18.9. The van der Waals surface area contributed by atoms with Crippen molar-refractivity contribution >= 4 is 33.8 Å². The molecule has 1 aliphatic carbocycles. The van der Waals surface area contributed by atoms with Crippen LogP contribution >= 0.6 is 0 Å². The Hall–Kier alpha value is -4.13. The standard InChI is InChI=1S/C21H22N10/c1-23-20-17-18(31(2)11-26-17)14-8-16(29-19(14)30-20)15-5-3-4-13(27-15)9-24-21(25-10-22)28-12-6-7-12/h3-5,8,11-12H,6-7,9H2,1-2H3,(H2,23,29,30)(H2,24,25,28). The number of guanidine groups is 1. The molecule has 1 fully saturated rings. The van der Waals surface area contributed by atoms with E-state index in [9.17, 15) is 0 Å². The monoisotopic (exact) mass is 414 g/mol. The highest BCUT2D eigenvalue weighted by Crippen LogP contribution is 2.31. The first-order chi connectivity index (χ1) is 15.2. The molecule has 156 valence electrons. The highest BCUT2D eigenvalue weighted by Gasteiger charge is 2.22. The maximum absolute atomic E-state index is 8.93. The Kier molecular flexibility index (Phi) is 4.63. The molecule has 0 aromatic carbocycles. The van der Waals surface area contributed by atoms with E-state index >= 15 is 0 Å². The Morgan fingerprint density at radius 3 is 3.00 bits per heavy atom. The van der Waals surface area contributed by atoms with Crippen LogP contribution in [-0.2, 0) is 13.6 Å². The molecule has 0 atom stereocenters. The van der Waals surface area contributed by atoms with Crippen molar-refractivity contribution in [2.24, 2.45) is 12.0 Å². The van der Waals surface area contributed by atoms with E-state index < -0.39 is 0 Å². The molecule has 0 bridgehead atoms. The third-order valence-corrected chi connectivity index (χ3v) is 5.25. The summed E-state index contributed by atoms with van der Waals surface area (Å²) in [7, 11) is 3.81. The van der Waals surface area contributed by atoms with Crippen LogP contribution in [0.1, 0.15) is 18.5 Å². The molecule has 0 unspecified atom stereocenters. The number of fused-ring (bicyclic) bond motifs is 3. The van der Waals surface area contributed by atoms with Crippen LogP contribution in [-0.4, -0.2) is 43.6 Å². The predicted molar refractivity (Wildman–Crippen MR) is 119 cm³/mol. The largest absolute Gasteiger partial charge is 0.371 e. The van der Waals surface area contributed by atoms with Crippen molar-refractivity contribution in [3.05, 3.63) is 36.3 Å². The average Bonchev–Trinajstić information content (AvgIpc) is 3.36. The van der Waals surface area contributed by atoms with Crippen molar-refractivity contribution in [3.8, 4) is 17.6 Å². The number of nitrogens with zero attached hydrogens (tertiary/aromatic N) is 6. The van der Waals surface area contributed by atoms with E-state index in [2.05, 4.69) is 42.0 Å². The second kappa shape index (κ2) is 7.60. The number of rotatable bonds is 5. The molecule has 4 N–H and O–H groups in total. The third kappa shape index (κ3) is 3.61. The van der Waals surface area contributed by atoms with E-state index in [1.165, 1.54) is 0 Å². The van der Waals surface area contributed by atoms with Gasteiger partial charge in [-0.25, -0.2) is 19.9 Å². The van der Waals surface area contributed by atoms with E-state index in [1.807, 2.05) is 43.1 Å². The van der Waals surface area contributed by atoms with Gasteiger partial charge in [0.15, 0.2) is 12.0 Å². The second-order valence-electron chi connectivity index (χ2n) is 7.54. The highest BCUT2D eigenvalue weighted by molar-refractivity contribution is 6.07. The number of nitrogens with one attached hydrogen (secondary N) is 4. The number of imidazole rings is 1. The first-order valence-electron chi connectivity index (χ1n) is 10.1. The van der Waals surface area contributed by atoms with E-state index in [1.54, 1.807) is 6.33 Å². The van der Waals surface area contributed by atoms with Gasteiger partial charge in [-0.2, -0.15) is 5.26 Å². The van der Waals surface area contributed by atoms with Gasteiger partial charge in [0.1, 0.15) is 11.2 Å². The molecule has 5 rings (SSSR count). The molecule has 10 nitrogen and oxygen atoms in total. The molecule has 4 heterocycles. The van der Waals surface area contributed by atoms with Crippen LogP contribution in [0.15, 0.2) is 35.6 Å². The van der Waals surface area contributed by atoms with Gasteiger partial charge in [0, 0.05) is 25.5 Å². The van der Waals surface area contributed by atoms with Crippen LogP contribution in [0.4, 0.5) is 5.82 Å². The molecular weight excluding hydrogens is 392 g/mol. The minimum atomic E-state index is 0.367. The summed E-state index contributed by atoms with van der Waals surface area (Å²) in [6.45, 7) is 0.367. The maximum atomic E-state index is 8.93. The molecule has 4 aromatic rings. The number of anilines is 1. The van der Waals surface area contributed by atoms with E-state index in [0.29, 0.717) is 18.5 Å².